The Morgan fingerprint density at radius 1 is 1.50 bits per heavy atom. The first-order valence-corrected chi connectivity index (χ1v) is 4.04. The summed E-state index contributed by atoms with van der Waals surface area (Å²) in [6, 6.07) is 3.13. The number of amides is 3. The van der Waals surface area contributed by atoms with Crippen molar-refractivity contribution in [2.45, 2.75) is 0 Å². The van der Waals surface area contributed by atoms with Crippen molar-refractivity contribution in [1.29, 1.82) is 0 Å². The molecule has 0 aromatic carbocycles. The van der Waals surface area contributed by atoms with Gasteiger partial charge in [-0.1, -0.05) is 0 Å². The average Bonchev–Trinajstić information content (AvgIpc) is 2.72. The van der Waals surface area contributed by atoms with Crippen LogP contribution in [0.1, 0.15) is 5.69 Å². The van der Waals surface area contributed by atoms with Gasteiger partial charge < -0.3 is 4.98 Å². The second-order valence-corrected chi connectivity index (χ2v) is 2.78. The smallest absolute Gasteiger partial charge is 0.344 e. The summed E-state index contributed by atoms with van der Waals surface area (Å²) in [4.78, 5) is 24.7. The maximum Gasteiger partial charge on any atom is 0.344 e. The van der Waals surface area contributed by atoms with Gasteiger partial charge in [-0.05, 0) is 12.1 Å². The number of H-pyrrole nitrogens is 1. The van der Waals surface area contributed by atoms with E-state index >= 15 is 0 Å². The first kappa shape index (κ1) is 8.49. The number of aromatic amines is 1. The van der Waals surface area contributed by atoms with Crippen LogP contribution in [0.5, 0.6) is 0 Å². The lowest BCUT2D eigenvalue weighted by atomic mass is 10.5. The van der Waals surface area contributed by atoms with E-state index in [1.165, 1.54) is 6.21 Å². The Labute approximate surface area is 79.6 Å². The number of hydrazone groups is 1. The van der Waals surface area contributed by atoms with Gasteiger partial charge in [-0.2, -0.15) is 5.10 Å². The minimum Gasteiger partial charge on any atom is -0.360 e. The lowest BCUT2D eigenvalue weighted by Gasteiger charge is -2.02. The van der Waals surface area contributed by atoms with Gasteiger partial charge in [-0.25, -0.2) is 9.80 Å². The molecule has 1 aliphatic rings. The normalized spacial score (nSPS) is 16.7. The third kappa shape index (κ3) is 1.63. The van der Waals surface area contributed by atoms with E-state index in [1.807, 2.05) is 6.07 Å². The summed E-state index contributed by atoms with van der Waals surface area (Å²) in [5.41, 5.74) is 0.775. The van der Waals surface area contributed by atoms with Gasteiger partial charge in [0, 0.05) is 6.20 Å². The van der Waals surface area contributed by atoms with Crippen molar-refractivity contribution in [2.24, 2.45) is 5.10 Å². The third-order valence-corrected chi connectivity index (χ3v) is 1.73. The molecular formula is C8H8N4O2. The molecule has 2 heterocycles. The summed E-state index contributed by atoms with van der Waals surface area (Å²) in [6.45, 7) is -0.0178. The fourth-order valence-electron chi connectivity index (χ4n) is 1.08. The van der Waals surface area contributed by atoms with E-state index in [1.54, 1.807) is 12.3 Å². The van der Waals surface area contributed by atoms with E-state index in [9.17, 15) is 9.59 Å². The fourth-order valence-corrected chi connectivity index (χ4v) is 1.08. The number of nitrogens with zero attached hydrogens (tertiary/aromatic N) is 2. The van der Waals surface area contributed by atoms with Gasteiger partial charge in [0.25, 0.3) is 0 Å². The number of hydrogen-bond donors (Lipinski definition) is 2. The number of rotatable bonds is 2. The summed E-state index contributed by atoms with van der Waals surface area (Å²) in [5, 5.41) is 7.03. The summed E-state index contributed by atoms with van der Waals surface area (Å²) in [7, 11) is 0. The quantitative estimate of drug-likeness (QED) is 0.507. The molecular weight excluding hydrogens is 184 g/mol. The Balaban J connectivity index is 2.04. The van der Waals surface area contributed by atoms with Crippen LogP contribution in [0, 0.1) is 0 Å². The molecule has 0 spiro atoms. The van der Waals surface area contributed by atoms with Crippen molar-refractivity contribution < 1.29 is 9.59 Å². The molecule has 1 fully saturated rings. The molecule has 0 radical (unpaired) electrons. The maximum atomic E-state index is 11.0. The van der Waals surface area contributed by atoms with Crippen molar-refractivity contribution in [1.82, 2.24) is 15.3 Å². The number of urea groups is 1. The van der Waals surface area contributed by atoms with Gasteiger partial charge in [0.05, 0.1) is 11.9 Å². The Kier molecular flexibility index (Phi) is 2.02. The summed E-state index contributed by atoms with van der Waals surface area (Å²) < 4.78 is 0. The van der Waals surface area contributed by atoms with Gasteiger partial charge in [0.2, 0.25) is 5.91 Å². The van der Waals surface area contributed by atoms with Crippen molar-refractivity contribution in [3.63, 3.8) is 0 Å². The SMILES string of the molecule is O=C1CN(N=Cc2ccc[nH]2)C(=O)N1. The predicted octanol–water partition coefficient (Wildman–Crippen LogP) is -0.0996. The molecule has 2 rings (SSSR count). The Morgan fingerprint density at radius 2 is 2.36 bits per heavy atom. The topological polar surface area (TPSA) is 77.6 Å². The third-order valence-electron chi connectivity index (χ3n) is 1.73. The molecule has 1 aromatic heterocycles. The zero-order valence-electron chi connectivity index (χ0n) is 7.23. The molecule has 14 heavy (non-hydrogen) atoms. The van der Waals surface area contributed by atoms with Crippen LogP contribution < -0.4 is 5.32 Å². The standard InChI is InChI=1S/C8H8N4O2/c13-7-5-12(8(14)11-7)10-4-6-2-1-3-9-6/h1-4,9H,5H2,(H,11,13,14). The predicted molar refractivity (Wildman–Crippen MR) is 48.6 cm³/mol. The molecule has 6 heteroatoms. The summed E-state index contributed by atoms with van der Waals surface area (Å²) >= 11 is 0. The molecule has 1 aliphatic heterocycles. The second kappa shape index (κ2) is 3.33. The number of carbonyl (C=O) groups excluding carboxylic acids is 2. The second-order valence-electron chi connectivity index (χ2n) is 2.78. The highest BCUT2D eigenvalue weighted by Gasteiger charge is 2.25. The highest BCUT2D eigenvalue weighted by atomic mass is 16.2. The molecule has 6 nitrogen and oxygen atoms in total. The number of hydrogen-bond acceptors (Lipinski definition) is 3. The lowest BCUT2D eigenvalue weighted by Crippen LogP contribution is -2.24. The average molecular weight is 192 g/mol. The highest BCUT2D eigenvalue weighted by Crippen LogP contribution is 1.99. The Bertz CT molecular complexity index is 382. The minimum atomic E-state index is -0.488. The van der Waals surface area contributed by atoms with Crippen molar-refractivity contribution in [3.8, 4) is 0 Å². The molecule has 72 valence electrons. The van der Waals surface area contributed by atoms with Crippen LogP contribution in [0.25, 0.3) is 0 Å². The fraction of sp³-hybridized carbons (Fsp3) is 0.125. The Morgan fingerprint density at radius 3 is 2.93 bits per heavy atom. The molecule has 1 aromatic rings. The van der Waals surface area contributed by atoms with Crippen LogP contribution in [0.2, 0.25) is 0 Å². The maximum absolute atomic E-state index is 11.0. The van der Waals surface area contributed by atoms with Crippen molar-refractivity contribution >= 4 is 18.2 Å². The lowest BCUT2D eigenvalue weighted by molar-refractivity contribution is -0.118. The van der Waals surface area contributed by atoms with Crippen LogP contribution in [-0.2, 0) is 4.79 Å². The van der Waals surface area contributed by atoms with E-state index in [2.05, 4.69) is 15.4 Å². The molecule has 0 aliphatic carbocycles. The molecule has 0 atom stereocenters. The monoisotopic (exact) mass is 192 g/mol. The van der Waals surface area contributed by atoms with Gasteiger partial charge >= 0.3 is 6.03 Å². The van der Waals surface area contributed by atoms with Crippen LogP contribution in [-0.4, -0.2) is 34.7 Å². The van der Waals surface area contributed by atoms with E-state index in [0.29, 0.717) is 0 Å². The first-order chi connectivity index (χ1) is 6.75. The number of carbonyl (C=O) groups is 2. The molecule has 2 N–H and O–H groups in total. The summed E-state index contributed by atoms with van der Waals surface area (Å²) in [6.07, 6.45) is 3.23. The van der Waals surface area contributed by atoms with E-state index in [-0.39, 0.29) is 12.5 Å². The van der Waals surface area contributed by atoms with E-state index in [0.717, 1.165) is 10.7 Å². The van der Waals surface area contributed by atoms with Gasteiger partial charge in [-0.15, -0.1) is 0 Å². The minimum absolute atomic E-state index is 0.0178. The van der Waals surface area contributed by atoms with Crippen molar-refractivity contribution in [3.05, 3.63) is 24.0 Å². The van der Waals surface area contributed by atoms with Crippen LogP contribution in [0.15, 0.2) is 23.4 Å². The van der Waals surface area contributed by atoms with Gasteiger partial charge in [0.1, 0.15) is 6.54 Å². The molecule has 3 amide bonds. The highest BCUT2D eigenvalue weighted by molar-refractivity contribution is 6.02. The molecule has 1 saturated heterocycles. The largest absolute Gasteiger partial charge is 0.360 e. The van der Waals surface area contributed by atoms with Crippen LogP contribution in [0.4, 0.5) is 4.79 Å². The molecule has 0 bridgehead atoms. The first-order valence-electron chi connectivity index (χ1n) is 4.04. The zero-order valence-corrected chi connectivity index (χ0v) is 7.23. The zero-order chi connectivity index (χ0) is 9.97. The van der Waals surface area contributed by atoms with Gasteiger partial charge in [0.15, 0.2) is 0 Å². The van der Waals surface area contributed by atoms with Crippen molar-refractivity contribution in [2.75, 3.05) is 6.54 Å². The van der Waals surface area contributed by atoms with Gasteiger partial charge in [-0.3, -0.25) is 10.1 Å². The Hall–Kier alpha value is -2.11. The van der Waals surface area contributed by atoms with E-state index in [4.69, 9.17) is 0 Å². The van der Waals surface area contributed by atoms with Crippen LogP contribution >= 0.6 is 0 Å². The number of imide groups is 1. The number of aromatic nitrogens is 1. The van der Waals surface area contributed by atoms with Crippen LogP contribution in [0.3, 0.4) is 0 Å². The number of nitrogens with one attached hydrogen (secondary N) is 2. The van der Waals surface area contributed by atoms with E-state index < -0.39 is 6.03 Å². The molecule has 0 unspecified atom stereocenters. The summed E-state index contributed by atoms with van der Waals surface area (Å²) in [5.74, 6) is -0.335. The molecule has 0 saturated carbocycles.